The van der Waals surface area contributed by atoms with Crippen LogP contribution in [0.3, 0.4) is 0 Å². The largest absolute Gasteiger partial charge is 0.352 e. The Bertz CT molecular complexity index is 394. The molecule has 0 fully saturated rings. The maximum absolute atomic E-state index is 12.2. The summed E-state index contributed by atoms with van der Waals surface area (Å²) in [5.74, 6) is 0.478. The van der Waals surface area contributed by atoms with Crippen molar-refractivity contribution in [3.8, 4) is 0 Å². The molecule has 0 spiro atoms. The predicted octanol–water partition coefficient (Wildman–Crippen LogP) is 1.93. The summed E-state index contributed by atoms with van der Waals surface area (Å²) in [6.45, 7) is 8.96. The molecule has 1 rings (SSSR count). The average Bonchev–Trinajstić information content (AvgIpc) is 2.62. The highest BCUT2D eigenvalue weighted by atomic mass is 16.1. The normalized spacial score (nSPS) is 10.9. The van der Waals surface area contributed by atoms with Gasteiger partial charge in [0, 0.05) is 13.6 Å². The Hall–Kier alpha value is -1.32. The van der Waals surface area contributed by atoms with Crippen molar-refractivity contribution in [1.82, 2.24) is 15.1 Å². The van der Waals surface area contributed by atoms with Gasteiger partial charge >= 0.3 is 0 Å². The van der Waals surface area contributed by atoms with Crippen LogP contribution in [0.2, 0.25) is 0 Å². The van der Waals surface area contributed by atoms with Gasteiger partial charge in [0.15, 0.2) is 0 Å². The van der Waals surface area contributed by atoms with Crippen molar-refractivity contribution in [3.05, 3.63) is 17.0 Å². The molecular weight excluding hydrogens is 214 g/mol. The molecule has 1 amide bonds. The lowest BCUT2D eigenvalue weighted by molar-refractivity contribution is 0.0947. The van der Waals surface area contributed by atoms with Gasteiger partial charge in [0.2, 0.25) is 0 Å². The summed E-state index contributed by atoms with van der Waals surface area (Å²) < 4.78 is 1.82. The van der Waals surface area contributed by atoms with Crippen LogP contribution in [0.15, 0.2) is 0 Å². The van der Waals surface area contributed by atoms with Gasteiger partial charge in [-0.05, 0) is 18.8 Å². The van der Waals surface area contributed by atoms with E-state index < -0.39 is 0 Å². The Balaban J connectivity index is 2.98. The van der Waals surface area contributed by atoms with Crippen LogP contribution in [0.25, 0.3) is 0 Å². The molecule has 4 nitrogen and oxygen atoms in total. The van der Waals surface area contributed by atoms with E-state index in [-0.39, 0.29) is 5.91 Å². The summed E-state index contributed by atoms with van der Waals surface area (Å²) in [5.41, 5.74) is 2.69. The maximum Gasteiger partial charge on any atom is 0.255 e. The minimum atomic E-state index is 0.0144. The van der Waals surface area contributed by atoms with E-state index in [0.29, 0.717) is 12.5 Å². The van der Waals surface area contributed by atoms with Crippen molar-refractivity contribution >= 4 is 5.91 Å². The molecule has 0 saturated heterocycles. The highest BCUT2D eigenvalue weighted by Crippen LogP contribution is 2.15. The molecule has 0 aliphatic heterocycles. The first-order chi connectivity index (χ1) is 8.01. The van der Waals surface area contributed by atoms with Crippen LogP contribution in [0, 0.1) is 5.92 Å². The maximum atomic E-state index is 12.2. The van der Waals surface area contributed by atoms with Crippen molar-refractivity contribution < 1.29 is 4.79 Å². The van der Waals surface area contributed by atoms with E-state index in [0.717, 1.165) is 29.8 Å². The molecule has 1 aromatic heterocycles. The van der Waals surface area contributed by atoms with Gasteiger partial charge in [0.1, 0.15) is 0 Å². The first kappa shape index (κ1) is 13.7. The van der Waals surface area contributed by atoms with Gasteiger partial charge in [0.05, 0.1) is 17.0 Å². The van der Waals surface area contributed by atoms with Crippen molar-refractivity contribution in [3.63, 3.8) is 0 Å². The molecular formula is C13H23N3O. The van der Waals surface area contributed by atoms with Gasteiger partial charge in [-0.3, -0.25) is 9.48 Å². The molecule has 0 atom stereocenters. The van der Waals surface area contributed by atoms with Crippen LogP contribution in [-0.4, -0.2) is 22.2 Å². The molecule has 0 aliphatic rings. The lowest BCUT2D eigenvalue weighted by atomic mass is 10.1. The molecule has 0 bridgehead atoms. The number of hydrogen-bond acceptors (Lipinski definition) is 2. The highest BCUT2D eigenvalue weighted by Gasteiger charge is 2.20. The molecule has 17 heavy (non-hydrogen) atoms. The van der Waals surface area contributed by atoms with Gasteiger partial charge in [-0.1, -0.05) is 27.7 Å². The minimum Gasteiger partial charge on any atom is -0.352 e. The lowest BCUT2D eigenvalue weighted by Crippen LogP contribution is -2.28. The molecule has 0 saturated carbocycles. The summed E-state index contributed by atoms with van der Waals surface area (Å²) >= 11 is 0. The summed E-state index contributed by atoms with van der Waals surface area (Å²) in [5, 5.41) is 7.37. The van der Waals surface area contributed by atoms with Crippen LogP contribution in [0.1, 0.15) is 49.4 Å². The van der Waals surface area contributed by atoms with Crippen molar-refractivity contribution in [1.29, 1.82) is 0 Å². The zero-order valence-corrected chi connectivity index (χ0v) is 11.5. The monoisotopic (exact) mass is 237 g/mol. The Morgan fingerprint density at radius 3 is 2.47 bits per heavy atom. The Morgan fingerprint density at radius 1 is 1.35 bits per heavy atom. The van der Waals surface area contributed by atoms with Crippen molar-refractivity contribution in [2.75, 3.05) is 6.54 Å². The summed E-state index contributed by atoms with van der Waals surface area (Å²) in [6, 6.07) is 0. The summed E-state index contributed by atoms with van der Waals surface area (Å²) in [4.78, 5) is 12.2. The van der Waals surface area contributed by atoms with Crippen LogP contribution >= 0.6 is 0 Å². The van der Waals surface area contributed by atoms with Gasteiger partial charge in [-0.25, -0.2) is 0 Å². The first-order valence-electron chi connectivity index (χ1n) is 6.34. The molecule has 1 heterocycles. The predicted molar refractivity (Wildman–Crippen MR) is 69.1 cm³/mol. The van der Waals surface area contributed by atoms with Crippen molar-refractivity contribution in [2.45, 2.75) is 40.5 Å². The summed E-state index contributed by atoms with van der Waals surface area (Å²) in [7, 11) is 1.90. The fourth-order valence-corrected chi connectivity index (χ4v) is 1.92. The average molecular weight is 237 g/mol. The van der Waals surface area contributed by atoms with Crippen LogP contribution in [0.5, 0.6) is 0 Å². The minimum absolute atomic E-state index is 0.0144. The number of aromatic nitrogens is 2. The quantitative estimate of drug-likeness (QED) is 0.850. The molecule has 1 N–H and O–H groups in total. The second-order valence-corrected chi connectivity index (χ2v) is 4.70. The SMILES string of the molecule is CCc1nn(C)c(CC)c1C(=O)NCC(C)C. The number of nitrogens with one attached hydrogen (secondary N) is 1. The fourth-order valence-electron chi connectivity index (χ4n) is 1.92. The second kappa shape index (κ2) is 5.84. The smallest absolute Gasteiger partial charge is 0.255 e. The zero-order chi connectivity index (χ0) is 13.0. The van der Waals surface area contributed by atoms with Crippen LogP contribution < -0.4 is 5.32 Å². The lowest BCUT2D eigenvalue weighted by Gasteiger charge is -2.09. The van der Waals surface area contributed by atoms with Crippen molar-refractivity contribution in [2.24, 2.45) is 13.0 Å². The fraction of sp³-hybridized carbons (Fsp3) is 0.692. The number of hydrogen-bond donors (Lipinski definition) is 1. The van der Waals surface area contributed by atoms with Crippen LogP contribution in [-0.2, 0) is 19.9 Å². The molecule has 96 valence electrons. The van der Waals surface area contributed by atoms with Crippen LogP contribution in [0.4, 0.5) is 0 Å². The number of amides is 1. The van der Waals surface area contributed by atoms with E-state index in [9.17, 15) is 4.79 Å². The number of carbonyl (C=O) groups excluding carboxylic acids is 1. The Morgan fingerprint density at radius 2 is 2.00 bits per heavy atom. The number of carbonyl (C=O) groups is 1. The van der Waals surface area contributed by atoms with E-state index in [4.69, 9.17) is 0 Å². The standard InChI is InChI=1S/C13H23N3O/c1-6-10-12(11(7-2)16(5)15-10)13(17)14-8-9(3)4/h9H,6-8H2,1-5H3,(H,14,17). The molecule has 1 aromatic rings. The Labute approximate surface area is 103 Å². The highest BCUT2D eigenvalue weighted by molar-refractivity contribution is 5.96. The third-order valence-corrected chi connectivity index (χ3v) is 2.81. The molecule has 0 radical (unpaired) electrons. The number of rotatable bonds is 5. The van der Waals surface area contributed by atoms with Gasteiger partial charge in [-0.15, -0.1) is 0 Å². The van der Waals surface area contributed by atoms with E-state index in [1.165, 1.54) is 0 Å². The number of aryl methyl sites for hydroxylation is 2. The molecule has 0 unspecified atom stereocenters. The third-order valence-electron chi connectivity index (χ3n) is 2.81. The molecule has 0 aromatic carbocycles. The third kappa shape index (κ3) is 3.08. The van der Waals surface area contributed by atoms with Gasteiger partial charge in [-0.2, -0.15) is 5.10 Å². The molecule has 4 heteroatoms. The van der Waals surface area contributed by atoms with E-state index >= 15 is 0 Å². The zero-order valence-electron chi connectivity index (χ0n) is 11.5. The summed E-state index contributed by atoms with van der Waals surface area (Å²) in [6.07, 6.45) is 1.62. The van der Waals surface area contributed by atoms with Gasteiger partial charge < -0.3 is 5.32 Å². The van der Waals surface area contributed by atoms with E-state index in [1.807, 2.05) is 18.7 Å². The molecule has 0 aliphatic carbocycles. The Kier molecular flexibility index (Phi) is 4.73. The topological polar surface area (TPSA) is 46.9 Å². The second-order valence-electron chi connectivity index (χ2n) is 4.70. The van der Waals surface area contributed by atoms with Gasteiger partial charge in [0.25, 0.3) is 5.91 Å². The number of nitrogens with zero attached hydrogens (tertiary/aromatic N) is 2. The first-order valence-corrected chi connectivity index (χ1v) is 6.34. The van der Waals surface area contributed by atoms with E-state index in [2.05, 4.69) is 31.2 Å². The van der Waals surface area contributed by atoms with E-state index in [1.54, 1.807) is 0 Å².